The molecule has 2 rings (SSSR count). The number of likely N-dealkylation sites (tertiary alicyclic amines) is 1. The van der Waals surface area contributed by atoms with Gasteiger partial charge in [0.25, 0.3) is 0 Å². The lowest BCUT2D eigenvalue weighted by Crippen LogP contribution is -2.43. The monoisotopic (exact) mass is 246 g/mol. The standard InChI is InChI=1S/C16H26N2/c1-12-8-9-18(11-14(12)3)16(10-17)15-7-5-4-6-13(15)2/h4-7,12,14,16H,8-11,17H2,1-3H3. The predicted molar refractivity (Wildman–Crippen MR) is 77.5 cm³/mol. The van der Waals surface area contributed by atoms with Gasteiger partial charge in [0.15, 0.2) is 0 Å². The Morgan fingerprint density at radius 3 is 2.61 bits per heavy atom. The lowest BCUT2D eigenvalue weighted by Gasteiger charge is -2.40. The molecule has 1 aliphatic heterocycles. The number of benzene rings is 1. The molecule has 0 radical (unpaired) electrons. The van der Waals surface area contributed by atoms with Crippen LogP contribution in [0.2, 0.25) is 0 Å². The van der Waals surface area contributed by atoms with E-state index in [4.69, 9.17) is 5.73 Å². The number of nitrogens with zero attached hydrogens (tertiary/aromatic N) is 1. The summed E-state index contributed by atoms with van der Waals surface area (Å²) in [5.74, 6) is 1.62. The van der Waals surface area contributed by atoms with Crippen LogP contribution in [0.1, 0.15) is 37.4 Å². The van der Waals surface area contributed by atoms with Crippen molar-refractivity contribution >= 4 is 0 Å². The molecule has 18 heavy (non-hydrogen) atoms. The van der Waals surface area contributed by atoms with E-state index in [0.29, 0.717) is 12.6 Å². The summed E-state index contributed by atoms with van der Waals surface area (Å²) in [4.78, 5) is 2.58. The van der Waals surface area contributed by atoms with E-state index in [1.165, 1.54) is 30.6 Å². The molecule has 0 saturated carbocycles. The minimum absolute atomic E-state index is 0.390. The molecule has 1 aliphatic rings. The van der Waals surface area contributed by atoms with Crippen molar-refractivity contribution in [1.82, 2.24) is 4.90 Å². The van der Waals surface area contributed by atoms with Gasteiger partial charge in [-0.15, -0.1) is 0 Å². The van der Waals surface area contributed by atoms with Crippen LogP contribution in [0.3, 0.4) is 0 Å². The van der Waals surface area contributed by atoms with Crippen LogP contribution in [0.4, 0.5) is 0 Å². The Bertz CT molecular complexity index is 388. The highest BCUT2D eigenvalue weighted by atomic mass is 15.2. The molecule has 2 nitrogen and oxygen atoms in total. The summed E-state index contributed by atoms with van der Waals surface area (Å²) >= 11 is 0. The zero-order valence-corrected chi connectivity index (χ0v) is 11.9. The van der Waals surface area contributed by atoms with Crippen molar-refractivity contribution in [3.63, 3.8) is 0 Å². The topological polar surface area (TPSA) is 29.3 Å². The van der Waals surface area contributed by atoms with Gasteiger partial charge in [0.05, 0.1) is 0 Å². The quantitative estimate of drug-likeness (QED) is 0.888. The fourth-order valence-corrected chi connectivity index (χ4v) is 3.01. The molecule has 0 spiro atoms. The summed E-state index contributed by atoms with van der Waals surface area (Å²) in [5, 5.41) is 0. The van der Waals surface area contributed by atoms with E-state index in [9.17, 15) is 0 Å². The smallest absolute Gasteiger partial charge is 0.0473 e. The van der Waals surface area contributed by atoms with E-state index < -0.39 is 0 Å². The Morgan fingerprint density at radius 1 is 1.28 bits per heavy atom. The largest absolute Gasteiger partial charge is 0.329 e. The average molecular weight is 246 g/mol. The van der Waals surface area contributed by atoms with Crippen molar-refractivity contribution in [2.24, 2.45) is 17.6 Å². The van der Waals surface area contributed by atoms with Gasteiger partial charge in [-0.25, -0.2) is 0 Å². The Kier molecular flexibility index (Phi) is 4.41. The first-order chi connectivity index (χ1) is 8.63. The minimum atomic E-state index is 0.390. The van der Waals surface area contributed by atoms with Gasteiger partial charge < -0.3 is 5.73 Å². The highest BCUT2D eigenvalue weighted by Gasteiger charge is 2.28. The Labute approximate surface area is 111 Å². The van der Waals surface area contributed by atoms with Crippen molar-refractivity contribution in [1.29, 1.82) is 0 Å². The highest BCUT2D eigenvalue weighted by molar-refractivity contribution is 5.29. The Hall–Kier alpha value is -0.860. The number of nitrogens with two attached hydrogens (primary N) is 1. The number of rotatable bonds is 3. The maximum absolute atomic E-state index is 6.04. The molecule has 3 atom stereocenters. The molecule has 1 saturated heterocycles. The molecule has 100 valence electrons. The molecular weight excluding hydrogens is 220 g/mol. The SMILES string of the molecule is Cc1ccccc1C(CN)N1CCC(C)C(C)C1. The fraction of sp³-hybridized carbons (Fsp3) is 0.625. The molecule has 1 aromatic rings. The Morgan fingerprint density at radius 2 is 2.00 bits per heavy atom. The molecular formula is C16H26N2. The third-order valence-electron chi connectivity index (χ3n) is 4.58. The van der Waals surface area contributed by atoms with E-state index in [0.717, 1.165) is 11.8 Å². The maximum atomic E-state index is 6.04. The normalized spacial score (nSPS) is 27.1. The zero-order chi connectivity index (χ0) is 13.1. The molecule has 3 unspecified atom stereocenters. The van der Waals surface area contributed by atoms with Crippen molar-refractivity contribution in [3.05, 3.63) is 35.4 Å². The van der Waals surface area contributed by atoms with Crippen LogP contribution in [-0.2, 0) is 0 Å². The minimum Gasteiger partial charge on any atom is -0.329 e. The summed E-state index contributed by atoms with van der Waals surface area (Å²) in [5.41, 5.74) is 8.81. The van der Waals surface area contributed by atoms with Crippen molar-refractivity contribution in [3.8, 4) is 0 Å². The molecule has 0 aromatic heterocycles. The second kappa shape index (κ2) is 5.85. The lowest BCUT2D eigenvalue weighted by atomic mass is 9.87. The molecule has 1 aromatic carbocycles. The first kappa shape index (κ1) is 13.6. The molecule has 0 aliphatic carbocycles. The van der Waals surface area contributed by atoms with Crippen LogP contribution in [0.15, 0.2) is 24.3 Å². The summed E-state index contributed by atoms with van der Waals surface area (Å²) in [6, 6.07) is 9.04. The zero-order valence-electron chi connectivity index (χ0n) is 11.9. The van der Waals surface area contributed by atoms with E-state index in [1.54, 1.807) is 0 Å². The lowest BCUT2D eigenvalue weighted by molar-refractivity contribution is 0.0980. The fourth-order valence-electron chi connectivity index (χ4n) is 3.01. The van der Waals surface area contributed by atoms with Gasteiger partial charge in [0, 0.05) is 19.1 Å². The van der Waals surface area contributed by atoms with Gasteiger partial charge in [-0.3, -0.25) is 4.90 Å². The number of hydrogen-bond acceptors (Lipinski definition) is 2. The number of piperidine rings is 1. The van der Waals surface area contributed by atoms with Crippen LogP contribution < -0.4 is 5.73 Å². The highest BCUT2D eigenvalue weighted by Crippen LogP contribution is 2.30. The van der Waals surface area contributed by atoms with Gasteiger partial charge in [-0.05, 0) is 42.9 Å². The second-order valence-electron chi connectivity index (χ2n) is 5.85. The second-order valence-corrected chi connectivity index (χ2v) is 5.85. The van der Waals surface area contributed by atoms with Crippen molar-refractivity contribution in [2.45, 2.75) is 33.2 Å². The van der Waals surface area contributed by atoms with Crippen LogP contribution >= 0.6 is 0 Å². The van der Waals surface area contributed by atoms with Crippen molar-refractivity contribution in [2.75, 3.05) is 19.6 Å². The molecule has 0 bridgehead atoms. The van der Waals surface area contributed by atoms with Crippen LogP contribution in [0.25, 0.3) is 0 Å². The van der Waals surface area contributed by atoms with Crippen molar-refractivity contribution < 1.29 is 0 Å². The maximum Gasteiger partial charge on any atom is 0.0473 e. The molecule has 2 heteroatoms. The van der Waals surface area contributed by atoms with E-state index in [-0.39, 0.29) is 0 Å². The van der Waals surface area contributed by atoms with Gasteiger partial charge in [0.2, 0.25) is 0 Å². The molecule has 2 N–H and O–H groups in total. The van der Waals surface area contributed by atoms with Crippen LogP contribution in [0.5, 0.6) is 0 Å². The summed E-state index contributed by atoms with van der Waals surface area (Å²) in [6.45, 7) is 9.99. The van der Waals surface area contributed by atoms with Crippen LogP contribution in [0, 0.1) is 18.8 Å². The van der Waals surface area contributed by atoms with Gasteiger partial charge >= 0.3 is 0 Å². The third-order valence-corrected chi connectivity index (χ3v) is 4.58. The molecule has 0 amide bonds. The van der Waals surface area contributed by atoms with Gasteiger partial charge in [-0.1, -0.05) is 38.1 Å². The first-order valence-corrected chi connectivity index (χ1v) is 7.13. The molecule has 1 fully saturated rings. The summed E-state index contributed by atoms with van der Waals surface area (Å²) in [6.07, 6.45) is 1.30. The number of aryl methyl sites for hydroxylation is 1. The summed E-state index contributed by atoms with van der Waals surface area (Å²) in [7, 11) is 0. The number of hydrogen-bond donors (Lipinski definition) is 1. The van der Waals surface area contributed by atoms with E-state index in [1.807, 2.05) is 0 Å². The summed E-state index contributed by atoms with van der Waals surface area (Å²) < 4.78 is 0. The molecule has 1 heterocycles. The third kappa shape index (κ3) is 2.76. The van der Waals surface area contributed by atoms with Gasteiger partial charge in [0.1, 0.15) is 0 Å². The van der Waals surface area contributed by atoms with E-state index in [2.05, 4.69) is 49.9 Å². The van der Waals surface area contributed by atoms with Gasteiger partial charge in [-0.2, -0.15) is 0 Å². The van der Waals surface area contributed by atoms with Crippen LogP contribution in [-0.4, -0.2) is 24.5 Å². The average Bonchev–Trinajstić information content (AvgIpc) is 2.37. The van der Waals surface area contributed by atoms with E-state index >= 15 is 0 Å². The Balaban J connectivity index is 2.17. The first-order valence-electron chi connectivity index (χ1n) is 7.13. The predicted octanol–water partition coefficient (Wildman–Crippen LogP) is 2.97.